The van der Waals surface area contributed by atoms with Crippen LogP contribution >= 0.6 is 0 Å². The molecule has 0 radical (unpaired) electrons. The van der Waals surface area contributed by atoms with E-state index < -0.39 is 0 Å². The summed E-state index contributed by atoms with van der Waals surface area (Å²) in [6.07, 6.45) is 0. The van der Waals surface area contributed by atoms with Crippen molar-refractivity contribution in [3.8, 4) is 5.75 Å². The Balaban J connectivity index is 2.02. The van der Waals surface area contributed by atoms with Crippen LogP contribution in [0.1, 0.15) is 27.2 Å². The standard InChI is InChI=1S/C19H18N2O2/c1-11-12(2)18(20-13(3)17(11)22)21-19(23)16-10-6-8-14-7-4-5-9-15(14)16/h4-10,22H,1-3H3,(H,20,21,23). The largest absolute Gasteiger partial charge is 0.506 e. The zero-order valence-corrected chi connectivity index (χ0v) is 13.3. The predicted octanol–water partition coefficient (Wildman–Crippen LogP) is 4.12. The minimum absolute atomic E-state index is 0.172. The van der Waals surface area contributed by atoms with Gasteiger partial charge in [0.2, 0.25) is 0 Å². The van der Waals surface area contributed by atoms with E-state index in [4.69, 9.17) is 0 Å². The van der Waals surface area contributed by atoms with Crippen LogP contribution in [0.4, 0.5) is 5.82 Å². The molecule has 0 bridgehead atoms. The minimum Gasteiger partial charge on any atom is -0.506 e. The van der Waals surface area contributed by atoms with E-state index in [9.17, 15) is 9.90 Å². The van der Waals surface area contributed by atoms with Crippen LogP contribution in [0.2, 0.25) is 0 Å². The summed E-state index contributed by atoms with van der Waals surface area (Å²) < 4.78 is 0. The maximum Gasteiger partial charge on any atom is 0.257 e. The normalized spacial score (nSPS) is 10.7. The van der Waals surface area contributed by atoms with E-state index in [0.717, 1.165) is 21.9 Å². The third-order valence-corrected chi connectivity index (χ3v) is 4.16. The van der Waals surface area contributed by atoms with Crippen LogP contribution in [0, 0.1) is 20.8 Å². The van der Waals surface area contributed by atoms with E-state index in [2.05, 4.69) is 10.3 Å². The van der Waals surface area contributed by atoms with Crippen molar-refractivity contribution in [2.75, 3.05) is 5.32 Å². The lowest BCUT2D eigenvalue weighted by atomic mass is 10.0. The summed E-state index contributed by atoms with van der Waals surface area (Å²) in [5.41, 5.74) is 2.60. The molecule has 116 valence electrons. The van der Waals surface area contributed by atoms with Gasteiger partial charge in [0.15, 0.2) is 0 Å². The van der Waals surface area contributed by atoms with Crippen molar-refractivity contribution in [2.24, 2.45) is 0 Å². The molecule has 0 saturated carbocycles. The molecule has 1 amide bonds. The fourth-order valence-electron chi connectivity index (χ4n) is 2.65. The van der Waals surface area contributed by atoms with Crippen molar-refractivity contribution in [2.45, 2.75) is 20.8 Å². The summed E-state index contributed by atoms with van der Waals surface area (Å²) in [4.78, 5) is 17.0. The lowest BCUT2D eigenvalue weighted by molar-refractivity contribution is 0.102. The maximum atomic E-state index is 12.7. The second kappa shape index (κ2) is 5.72. The lowest BCUT2D eigenvalue weighted by Gasteiger charge is -2.13. The first-order chi connectivity index (χ1) is 11.0. The quantitative estimate of drug-likeness (QED) is 0.748. The SMILES string of the molecule is Cc1nc(NC(=O)c2cccc3ccccc23)c(C)c(C)c1O. The number of fused-ring (bicyclic) bond motifs is 1. The minimum atomic E-state index is -0.207. The third-order valence-electron chi connectivity index (χ3n) is 4.16. The van der Waals surface area contributed by atoms with E-state index in [1.165, 1.54) is 0 Å². The maximum absolute atomic E-state index is 12.7. The Morgan fingerprint density at radius 2 is 1.70 bits per heavy atom. The van der Waals surface area contributed by atoms with Crippen LogP contribution in [0.5, 0.6) is 5.75 Å². The highest BCUT2D eigenvalue weighted by molar-refractivity contribution is 6.12. The monoisotopic (exact) mass is 306 g/mol. The van der Waals surface area contributed by atoms with Gasteiger partial charge in [0.1, 0.15) is 11.6 Å². The zero-order chi connectivity index (χ0) is 16.6. The molecule has 0 atom stereocenters. The second-order valence-electron chi connectivity index (χ2n) is 5.63. The smallest absolute Gasteiger partial charge is 0.257 e. The number of rotatable bonds is 2. The topological polar surface area (TPSA) is 62.2 Å². The van der Waals surface area contributed by atoms with Crippen molar-refractivity contribution >= 4 is 22.5 Å². The molecule has 2 aromatic carbocycles. The Hall–Kier alpha value is -2.88. The fourth-order valence-corrected chi connectivity index (χ4v) is 2.65. The van der Waals surface area contributed by atoms with Gasteiger partial charge >= 0.3 is 0 Å². The lowest BCUT2D eigenvalue weighted by Crippen LogP contribution is -2.15. The molecule has 4 heteroatoms. The van der Waals surface area contributed by atoms with Crippen LogP contribution in [0.3, 0.4) is 0 Å². The Morgan fingerprint density at radius 3 is 2.48 bits per heavy atom. The molecule has 2 N–H and O–H groups in total. The number of carbonyl (C=O) groups is 1. The van der Waals surface area contributed by atoms with Gasteiger partial charge in [-0.25, -0.2) is 4.98 Å². The molecule has 3 aromatic rings. The van der Waals surface area contributed by atoms with E-state index in [-0.39, 0.29) is 11.7 Å². The number of nitrogens with zero attached hydrogens (tertiary/aromatic N) is 1. The molecular weight excluding hydrogens is 288 g/mol. The number of pyridine rings is 1. The number of hydrogen-bond donors (Lipinski definition) is 2. The molecule has 0 aliphatic heterocycles. The van der Waals surface area contributed by atoms with Gasteiger partial charge in [0, 0.05) is 5.56 Å². The number of aryl methyl sites for hydroxylation is 1. The molecule has 0 aliphatic rings. The number of aromatic nitrogens is 1. The summed E-state index contributed by atoms with van der Waals surface area (Å²) >= 11 is 0. The summed E-state index contributed by atoms with van der Waals surface area (Å²) in [5, 5.41) is 14.7. The summed E-state index contributed by atoms with van der Waals surface area (Å²) in [5.74, 6) is 0.447. The first-order valence-electron chi connectivity index (χ1n) is 7.45. The van der Waals surface area contributed by atoms with Gasteiger partial charge < -0.3 is 10.4 Å². The summed E-state index contributed by atoms with van der Waals surface area (Å²) in [6.45, 7) is 5.36. The Bertz CT molecular complexity index is 911. The Kier molecular flexibility index (Phi) is 3.74. The number of benzene rings is 2. The van der Waals surface area contributed by atoms with E-state index >= 15 is 0 Å². The van der Waals surface area contributed by atoms with Gasteiger partial charge in [-0.05, 0) is 48.7 Å². The third kappa shape index (κ3) is 2.63. The molecule has 3 rings (SSSR count). The molecule has 0 aliphatic carbocycles. The molecule has 0 spiro atoms. The average molecular weight is 306 g/mol. The van der Waals surface area contributed by atoms with E-state index in [1.807, 2.05) is 50.2 Å². The number of anilines is 1. The molecular formula is C19H18N2O2. The average Bonchev–Trinajstić information content (AvgIpc) is 2.57. The highest BCUT2D eigenvalue weighted by atomic mass is 16.3. The Labute approximate surface area is 134 Å². The van der Waals surface area contributed by atoms with Crippen LogP contribution < -0.4 is 5.32 Å². The Morgan fingerprint density at radius 1 is 1.00 bits per heavy atom. The molecule has 0 unspecified atom stereocenters. The van der Waals surface area contributed by atoms with Gasteiger partial charge in [-0.3, -0.25) is 4.79 Å². The summed E-state index contributed by atoms with van der Waals surface area (Å²) in [7, 11) is 0. The van der Waals surface area contributed by atoms with Gasteiger partial charge in [0.05, 0.1) is 5.69 Å². The second-order valence-corrected chi connectivity index (χ2v) is 5.63. The van der Waals surface area contributed by atoms with E-state index in [0.29, 0.717) is 17.1 Å². The molecule has 1 heterocycles. The zero-order valence-electron chi connectivity index (χ0n) is 13.3. The number of carbonyl (C=O) groups excluding carboxylic acids is 1. The van der Waals surface area contributed by atoms with Crippen LogP contribution in [-0.2, 0) is 0 Å². The highest BCUT2D eigenvalue weighted by Crippen LogP contribution is 2.28. The number of amides is 1. The van der Waals surface area contributed by atoms with Gasteiger partial charge in [0.25, 0.3) is 5.91 Å². The molecule has 4 nitrogen and oxygen atoms in total. The van der Waals surface area contributed by atoms with Crippen molar-refractivity contribution in [1.82, 2.24) is 4.98 Å². The van der Waals surface area contributed by atoms with Gasteiger partial charge in [-0.15, -0.1) is 0 Å². The summed E-state index contributed by atoms with van der Waals surface area (Å²) in [6, 6.07) is 13.4. The molecule has 1 aromatic heterocycles. The molecule has 23 heavy (non-hydrogen) atoms. The molecule has 0 fully saturated rings. The van der Waals surface area contributed by atoms with Crippen molar-refractivity contribution in [1.29, 1.82) is 0 Å². The van der Waals surface area contributed by atoms with Crippen LogP contribution in [-0.4, -0.2) is 16.0 Å². The number of aromatic hydroxyl groups is 1. The fraction of sp³-hybridized carbons (Fsp3) is 0.158. The van der Waals surface area contributed by atoms with Crippen LogP contribution in [0.25, 0.3) is 10.8 Å². The van der Waals surface area contributed by atoms with Crippen LogP contribution in [0.15, 0.2) is 42.5 Å². The molecule has 0 saturated heterocycles. The highest BCUT2D eigenvalue weighted by Gasteiger charge is 2.15. The number of hydrogen-bond acceptors (Lipinski definition) is 3. The van der Waals surface area contributed by atoms with Gasteiger partial charge in [-0.1, -0.05) is 36.4 Å². The first-order valence-corrected chi connectivity index (χ1v) is 7.45. The number of nitrogens with one attached hydrogen (secondary N) is 1. The van der Waals surface area contributed by atoms with Crippen molar-refractivity contribution in [3.05, 3.63) is 64.8 Å². The predicted molar refractivity (Wildman–Crippen MR) is 92.0 cm³/mol. The van der Waals surface area contributed by atoms with Crippen molar-refractivity contribution in [3.63, 3.8) is 0 Å². The van der Waals surface area contributed by atoms with Gasteiger partial charge in [-0.2, -0.15) is 0 Å². The first kappa shape index (κ1) is 15.0. The van der Waals surface area contributed by atoms with Crippen molar-refractivity contribution < 1.29 is 9.90 Å². The van der Waals surface area contributed by atoms with E-state index in [1.54, 1.807) is 13.0 Å².